The maximum absolute atomic E-state index is 5.39. The number of rotatable bonds is 2. The summed E-state index contributed by atoms with van der Waals surface area (Å²) in [4.78, 5) is 0. The molecule has 11 heavy (non-hydrogen) atoms. The van der Waals surface area contributed by atoms with Crippen molar-refractivity contribution in [3.63, 3.8) is 0 Å². The highest BCUT2D eigenvalue weighted by Gasteiger charge is 2.16. The number of hydrogen-bond acceptors (Lipinski definition) is 4. The minimum Gasteiger partial charge on any atom is -0.376 e. The second-order valence-electron chi connectivity index (χ2n) is 2.60. The summed E-state index contributed by atoms with van der Waals surface area (Å²) in [6.45, 7) is 1.60. The Morgan fingerprint density at radius 1 is 1.64 bits per heavy atom. The summed E-state index contributed by atoms with van der Waals surface area (Å²) >= 11 is 0. The molecule has 0 aliphatic carbocycles. The van der Waals surface area contributed by atoms with Crippen LogP contribution in [0.2, 0.25) is 0 Å². The molecule has 1 saturated heterocycles. The third kappa shape index (κ3) is 1.54. The van der Waals surface area contributed by atoms with Crippen LogP contribution in [0, 0.1) is 6.33 Å². The van der Waals surface area contributed by atoms with E-state index in [-0.39, 0.29) is 6.10 Å². The van der Waals surface area contributed by atoms with Crippen molar-refractivity contribution in [3.05, 3.63) is 6.33 Å². The molecule has 0 aromatic carbocycles. The fourth-order valence-corrected chi connectivity index (χ4v) is 1.22. The maximum Gasteiger partial charge on any atom is 0.221 e. The molecule has 1 radical (unpaired) electrons. The van der Waals surface area contributed by atoms with Gasteiger partial charge in [0.15, 0.2) is 0 Å². The fourth-order valence-electron chi connectivity index (χ4n) is 1.22. The van der Waals surface area contributed by atoms with E-state index in [0.29, 0.717) is 0 Å². The molecule has 59 valence electrons. The zero-order chi connectivity index (χ0) is 7.52. The Hall–Kier alpha value is -0.970. The topological polar surface area (TPSA) is 52.8 Å². The lowest BCUT2D eigenvalue weighted by atomic mass is 10.2. The van der Waals surface area contributed by atoms with Crippen LogP contribution in [0.5, 0.6) is 0 Å². The molecule has 1 atom stereocenters. The summed E-state index contributed by atoms with van der Waals surface area (Å²) < 4.78 is 6.97. The van der Waals surface area contributed by atoms with Gasteiger partial charge >= 0.3 is 0 Å². The van der Waals surface area contributed by atoms with Gasteiger partial charge in [-0.3, -0.25) is 0 Å². The van der Waals surface area contributed by atoms with Gasteiger partial charge in [0.1, 0.15) is 0 Å². The lowest BCUT2D eigenvalue weighted by molar-refractivity contribution is 0.0932. The molecule has 1 aromatic heterocycles. The van der Waals surface area contributed by atoms with Crippen LogP contribution in [-0.4, -0.2) is 32.9 Å². The predicted molar refractivity (Wildman–Crippen MR) is 35.6 cm³/mol. The van der Waals surface area contributed by atoms with E-state index in [9.17, 15) is 0 Å². The standard InChI is InChI=1S/C6H9N4O/c1-2-6(11-3-1)4-10-5-7-8-9-10/h6H,1-4H2. The Balaban J connectivity index is 1.90. The van der Waals surface area contributed by atoms with Crippen molar-refractivity contribution in [2.45, 2.75) is 25.5 Å². The van der Waals surface area contributed by atoms with Crippen LogP contribution in [0.4, 0.5) is 0 Å². The van der Waals surface area contributed by atoms with E-state index < -0.39 is 0 Å². The van der Waals surface area contributed by atoms with E-state index in [4.69, 9.17) is 4.74 Å². The molecule has 5 nitrogen and oxygen atoms in total. The Morgan fingerprint density at radius 3 is 3.27 bits per heavy atom. The molecule has 0 spiro atoms. The summed E-state index contributed by atoms with van der Waals surface area (Å²) in [5.74, 6) is 0. The van der Waals surface area contributed by atoms with Crippen LogP contribution in [0.15, 0.2) is 0 Å². The molecule has 1 aliphatic rings. The van der Waals surface area contributed by atoms with Crippen molar-refractivity contribution in [2.24, 2.45) is 0 Å². The van der Waals surface area contributed by atoms with Gasteiger partial charge in [0.25, 0.3) is 0 Å². The van der Waals surface area contributed by atoms with E-state index in [1.165, 1.54) is 0 Å². The van der Waals surface area contributed by atoms with E-state index in [2.05, 4.69) is 21.9 Å². The smallest absolute Gasteiger partial charge is 0.221 e. The molecule has 0 bridgehead atoms. The summed E-state index contributed by atoms with van der Waals surface area (Å²) in [6, 6.07) is 0. The SMILES string of the molecule is [c]1nnnn1CC1CCCO1. The molecular formula is C6H9N4O. The van der Waals surface area contributed by atoms with Crippen LogP contribution >= 0.6 is 0 Å². The molecule has 5 heteroatoms. The molecule has 1 fully saturated rings. The zero-order valence-electron chi connectivity index (χ0n) is 6.10. The molecule has 1 aromatic rings. The molecule has 2 rings (SSSR count). The molecule has 1 aliphatic heterocycles. The average Bonchev–Trinajstić information content (AvgIpc) is 2.60. The van der Waals surface area contributed by atoms with E-state index >= 15 is 0 Å². The van der Waals surface area contributed by atoms with Crippen molar-refractivity contribution < 1.29 is 4.74 Å². The summed E-state index contributed by atoms with van der Waals surface area (Å²) in [6.07, 6.45) is 5.17. The lowest BCUT2D eigenvalue weighted by Gasteiger charge is -2.06. The second-order valence-corrected chi connectivity index (χ2v) is 2.60. The normalized spacial score (nSPS) is 24.2. The lowest BCUT2D eigenvalue weighted by Crippen LogP contribution is -2.15. The number of aromatic nitrogens is 4. The van der Waals surface area contributed by atoms with Gasteiger partial charge in [-0.15, -0.1) is 5.10 Å². The van der Waals surface area contributed by atoms with Crippen molar-refractivity contribution in [1.82, 2.24) is 20.2 Å². The first-order chi connectivity index (χ1) is 5.45. The zero-order valence-corrected chi connectivity index (χ0v) is 6.10. The summed E-state index contributed by atoms with van der Waals surface area (Å²) in [5, 5.41) is 10.6. The van der Waals surface area contributed by atoms with Crippen LogP contribution in [0.3, 0.4) is 0 Å². The largest absolute Gasteiger partial charge is 0.376 e. The highest BCUT2D eigenvalue weighted by Crippen LogP contribution is 2.12. The Kier molecular flexibility index (Phi) is 1.81. The number of nitrogens with zero attached hydrogens (tertiary/aromatic N) is 4. The molecule has 0 amide bonds. The minimum atomic E-state index is 0.287. The summed E-state index contributed by atoms with van der Waals surface area (Å²) in [5.41, 5.74) is 0. The first kappa shape index (κ1) is 6.72. The van der Waals surface area contributed by atoms with E-state index in [1.54, 1.807) is 4.68 Å². The molecule has 1 unspecified atom stereocenters. The molecule has 0 N–H and O–H groups in total. The van der Waals surface area contributed by atoms with Crippen LogP contribution < -0.4 is 0 Å². The second kappa shape index (κ2) is 2.96. The highest BCUT2D eigenvalue weighted by molar-refractivity contribution is 4.64. The van der Waals surface area contributed by atoms with Crippen LogP contribution in [0.25, 0.3) is 0 Å². The molecule has 0 saturated carbocycles. The van der Waals surface area contributed by atoms with Crippen molar-refractivity contribution in [2.75, 3.05) is 6.61 Å². The van der Waals surface area contributed by atoms with Gasteiger partial charge in [-0.25, -0.2) is 4.68 Å². The Morgan fingerprint density at radius 2 is 2.64 bits per heavy atom. The van der Waals surface area contributed by atoms with Crippen LogP contribution in [0.1, 0.15) is 12.8 Å². The van der Waals surface area contributed by atoms with Crippen molar-refractivity contribution in [1.29, 1.82) is 0 Å². The van der Waals surface area contributed by atoms with Crippen molar-refractivity contribution in [3.8, 4) is 0 Å². The average molecular weight is 153 g/mol. The number of tetrazole rings is 1. The van der Waals surface area contributed by atoms with E-state index in [0.717, 1.165) is 26.0 Å². The third-order valence-electron chi connectivity index (χ3n) is 1.75. The maximum atomic E-state index is 5.39. The van der Waals surface area contributed by atoms with Gasteiger partial charge < -0.3 is 4.74 Å². The Labute approximate surface area is 64.3 Å². The third-order valence-corrected chi connectivity index (χ3v) is 1.75. The Bertz CT molecular complexity index is 204. The highest BCUT2D eigenvalue weighted by atomic mass is 16.5. The first-order valence-electron chi connectivity index (χ1n) is 3.70. The van der Waals surface area contributed by atoms with Gasteiger partial charge in [0, 0.05) is 6.61 Å². The van der Waals surface area contributed by atoms with Gasteiger partial charge in [-0.2, -0.15) is 0 Å². The quantitative estimate of drug-likeness (QED) is 0.583. The van der Waals surface area contributed by atoms with Gasteiger partial charge in [0.2, 0.25) is 6.33 Å². The van der Waals surface area contributed by atoms with Crippen LogP contribution in [-0.2, 0) is 11.3 Å². The first-order valence-corrected chi connectivity index (χ1v) is 3.70. The predicted octanol–water partition coefficient (Wildman–Crippen LogP) is -0.348. The number of ether oxygens (including phenoxy) is 1. The van der Waals surface area contributed by atoms with Gasteiger partial charge in [0.05, 0.1) is 12.6 Å². The fraction of sp³-hybridized carbons (Fsp3) is 0.833. The minimum absolute atomic E-state index is 0.287. The number of hydrogen-bond donors (Lipinski definition) is 0. The van der Waals surface area contributed by atoms with E-state index in [1.807, 2.05) is 0 Å². The van der Waals surface area contributed by atoms with Gasteiger partial charge in [-0.1, -0.05) is 0 Å². The molecular weight excluding hydrogens is 144 g/mol. The van der Waals surface area contributed by atoms with Gasteiger partial charge in [-0.05, 0) is 23.3 Å². The molecule has 2 heterocycles. The summed E-state index contributed by atoms with van der Waals surface area (Å²) in [7, 11) is 0. The van der Waals surface area contributed by atoms with Crippen molar-refractivity contribution >= 4 is 0 Å². The monoisotopic (exact) mass is 153 g/mol.